The second-order valence-electron chi connectivity index (χ2n) is 7.71. The Morgan fingerprint density at radius 1 is 1.09 bits per heavy atom. The highest BCUT2D eigenvalue weighted by Crippen LogP contribution is 2.25. The molecule has 0 atom stereocenters. The Balaban J connectivity index is 1.79. The number of likely N-dealkylation sites (tertiary alicyclic amines) is 1. The van der Waals surface area contributed by atoms with E-state index in [1.165, 1.54) is 41.7 Å². The van der Waals surface area contributed by atoms with Crippen LogP contribution in [-0.4, -0.2) is 69.3 Å². The first-order valence-electron chi connectivity index (χ1n) is 9.99. The third-order valence-corrected chi connectivity index (χ3v) is 8.24. The van der Waals surface area contributed by atoms with Gasteiger partial charge in [0.05, 0.1) is 27.3 Å². The molecule has 0 spiro atoms. The van der Waals surface area contributed by atoms with Crippen LogP contribution in [0.25, 0.3) is 0 Å². The van der Waals surface area contributed by atoms with Gasteiger partial charge < -0.3 is 4.90 Å². The fourth-order valence-electron chi connectivity index (χ4n) is 3.60. The molecule has 1 N–H and O–H groups in total. The SMILES string of the molecule is CN(C1CCN(C(=O)c2ccccc2NS(=O)(=O)c2cccc([N+](=O)[O-])c2)CC1)S(C)(=O)=O. The number of nitrogens with zero attached hydrogens (tertiary/aromatic N) is 3. The van der Waals surface area contributed by atoms with Crippen molar-refractivity contribution in [2.24, 2.45) is 0 Å². The van der Waals surface area contributed by atoms with Crippen molar-refractivity contribution in [1.29, 1.82) is 0 Å². The van der Waals surface area contributed by atoms with Crippen molar-refractivity contribution >= 4 is 37.3 Å². The average molecular weight is 497 g/mol. The number of carbonyl (C=O) groups is 1. The second-order valence-corrected chi connectivity index (χ2v) is 11.4. The Hall–Kier alpha value is -3.03. The number of piperidine rings is 1. The number of rotatable bonds is 7. The van der Waals surface area contributed by atoms with Gasteiger partial charge in [0, 0.05) is 38.3 Å². The molecule has 11 nitrogen and oxygen atoms in total. The minimum atomic E-state index is -4.19. The average Bonchev–Trinajstić information content (AvgIpc) is 2.78. The highest BCUT2D eigenvalue weighted by molar-refractivity contribution is 7.92. The molecule has 0 radical (unpaired) electrons. The number of para-hydroxylation sites is 1. The smallest absolute Gasteiger partial charge is 0.270 e. The zero-order chi connectivity index (χ0) is 24.4. The Bertz CT molecular complexity index is 1270. The molecule has 3 rings (SSSR count). The van der Waals surface area contributed by atoms with E-state index in [4.69, 9.17) is 0 Å². The minimum Gasteiger partial charge on any atom is -0.338 e. The number of hydrogen-bond donors (Lipinski definition) is 1. The fraction of sp³-hybridized carbons (Fsp3) is 0.350. The number of amides is 1. The first-order chi connectivity index (χ1) is 15.4. The lowest BCUT2D eigenvalue weighted by atomic mass is 10.0. The number of non-ortho nitro benzene ring substituents is 1. The van der Waals surface area contributed by atoms with E-state index in [-0.39, 0.29) is 27.9 Å². The topological polar surface area (TPSA) is 147 Å². The molecule has 0 saturated carbocycles. The highest BCUT2D eigenvalue weighted by Gasteiger charge is 2.30. The molecule has 178 valence electrons. The van der Waals surface area contributed by atoms with Gasteiger partial charge in [0.25, 0.3) is 21.6 Å². The molecule has 2 aromatic carbocycles. The first kappa shape index (κ1) is 24.6. The Morgan fingerprint density at radius 2 is 1.73 bits per heavy atom. The summed E-state index contributed by atoms with van der Waals surface area (Å²) >= 11 is 0. The van der Waals surface area contributed by atoms with Crippen LogP contribution in [-0.2, 0) is 20.0 Å². The number of anilines is 1. The minimum absolute atomic E-state index is 0.0457. The van der Waals surface area contributed by atoms with Gasteiger partial charge in [-0.1, -0.05) is 18.2 Å². The Labute approximate surface area is 192 Å². The molecule has 0 aliphatic carbocycles. The van der Waals surface area contributed by atoms with Crippen molar-refractivity contribution in [3.8, 4) is 0 Å². The van der Waals surface area contributed by atoms with Crippen LogP contribution in [0.4, 0.5) is 11.4 Å². The van der Waals surface area contributed by atoms with Crippen LogP contribution in [0.1, 0.15) is 23.2 Å². The number of sulfonamides is 2. The summed E-state index contributed by atoms with van der Waals surface area (Å²) in [6.45, 7) is 0.630. The maximum Gasteiger partial charge on any atom is 0.270 e. The molecule has 2 aromatic rings. The predicted molar refractivity (Wildman–Crippen MR) is 122 cm³/mol. The van der Waals surface area contributed by atoms with Gasteiger partial charge in [-0.25, -0.2) is 21.1 Å². The Morgan fingerprint density at radius 3 is 2.33 bits per heavy atom. The summed E-state index contributed by atoms with van der Waals surface area (Å²) in [7, 11) is -6.02. The number of nitro groups is 1. The van der Waals surface area contributed by atoms with E-state index in [0.29, 0.717) is 25.9 Å². The third-order valence-electron chi connectivity index (χ3n) is 5.53. The van der Waals surface area contributed by atoms with Gasteiger partial charge in [-0.3, -0.25) is 19.6 Å². The maximum absolute atomic E-state index is 13.1. The molecule has 13 heteroatoms. The van der Waals surface area contributed by atoms with Gasteiger partial charge in [-0.2, -0.15) is 0 Å². The standard InChI is InChI=1S/C20H24N4O7S2/c1-22(32(2,28)29)15-10-12-23(13-11-15)20(25)18-8-3-4-9-19(18)21-33(30,31)17-7-5-6-16(14-17)24(26)27/h3-9,14-15,21H,10-13H2,1-2H3. The van der Waals surface area contributed by atoms with Gasteiger partial charge in [0.15, 0.2) is 0 Å². The van der Waals surface area contributed by atoms with E-state index in [2.05, 4.69) is 4.72 Å². The van der Waals surface area contributed by atoms with Crippen molar-refractivity contribution in [1.82, 2.24) is 9.21 Å². The van der Waals surface area contributed by atoms with Crippen LogP contribution in [0.2, 0.25) is 0 Å². The third kappa shape index (κ3) is 5.67. The molecular weight excluding hydrogens is 472 g/mol. The van der Waals surface area contributed by atoms with E-state index in [0.717, 1.165) is 12.3 Å². The van der Waals surface area contributed by atoms with Crippen LogP contribution in [0, 0.1) is 10.1 Å². The molecule has 33 heavy (non-hydrogen) atoms. The lowest BCUT2D eigenvalue weighted by Gasteiger charge is -2.35. The molecule has 1 saturated heterocycles. The number of hydrogen-bond acceptors (Lipinski definition) is 7. The first-order valence-corrected chi connectivity index (χ1v) is 13.3. The molecule has 1 fully saturated rings. The van der Waals surface area contributed by atoms with Gasteiger partial charge in [0.1, 0.15) is 0 Å². The monoisotopic (exact) mass is 496 g/mol. The van der Waals surface area contributed by atoms with Crippen LogP contribution in [0.15, 0.2) is 53.4 Å². The predicted octanol–water partition coefficient (Wildman–Crippen LogP) is 1.89. The largest absolute Gasteiger partial charge is 0.338 e. The molecule has 1 heterocycles. The van der Waals surface area contributed by atoms with Gasteiger partial charge in [0.2, 0.25) is 10.0 Å². The lowest BCUT2D eigenvalue weighted by molar-refractivity contribution is -0.385. The second kappa shape index (κ2) is 9.45. The fourth-order valence-corrected chi connectivity index (χ4v) is 5.47. The van der Waals surface area contributed by atoms with Gasteiger partial charge >= 0.3 is 0 Å². The summed E-state index contributed by atoms with van der Waals surface area (Å²) < 4.78 is 52.8. The summed E-state index contributed by atoms with van der Waals surface area (Å²) in [5.74, 6) is -0.396. The summed E-state index contributed by atoms with van der Waals surface area (Å²) in [6, 6.07) is 10.5. The van der Waals surface area contributed by atoms with E-state index in [1.807, 2.05) is 0 Å². The number of benzene rings is 2. The van der Waals surface area contributed by atoms with E-state index in [1.54, 1.807) is 17.0 Å². The molecule has 0 aromatic heterocycles. The van der Waals surface area contributed by atoms with Crippen LogP contribution in [0.3, 0.4) is 0 Å². The molecule has 1 amide bonds. The van der Waals surface area contributed by atoms with Crippen LogP contribution < -0.4 is 4.72 Å². The highest BCUT2D eigenvalue weighted by atomic mass is 32.2. The summed E-state index contributed by atoms with van der Waals surface area (Å²) in [6.07, 6.45) is 2.04. The molecule has 1 aliphatic rings. The van der Waals surface area contributed by atoms with Crippen molar-refractivity contribution in [2.75, 3.05) is 31.1 Å². The van der Waals surface area contributed by atoms with E-state index >= 15 is 0 Å². The van der Waals surface area contributed by atoms with Crippen LogP contribution in [0.5, 0.6) is 0 Å². The van der Waals surface area contributed by atoms with Gasteiger partial charge in [-0.15, -0.1) is 0 Å². The molecular formula is C20H24N4O7S2. The lowest BCUT2D eigenvalue weighted by Crippen LogP contribution is -2.47. The van der Waals surface area contributed by atoms with Crippen molar-refractivity contribution in [2.45, 2.75) is 23.8 Å². The van der Waals surface area contributed by atoms with Crippen molar-refractivity contribution in [3.05, 3.63) is 64.2 Å². The zero-order valence-corrected chi connectivity index (χ0v) is 19.7. The number of carbonyl (C=O) groups excluding carboxylic acids is 1. The van der Waals surface area contributed by atoms with Gasteiger partial charge in [-0.05, 0) is 31.0 Å². The molecule has 1 aliphatic heterocycles. The molecule has 0 unspecified atom stereocenters. The van der Waals surface area contributed by atoms with Crippen molar-refractivity contribution in [3.63, 3.8) is 0 Å². The number of nitrogens with one attached hydrogen (secondary N) is 1. The number of nitro benzene ring substituents is 1. The normalized spacial score (nSPS) is 15.4. The quantitative estimate of drug-likeness (QED) is 0.455. The zero-order valence-electron chi connectivity index (χ0n) is 18.0. The Kier molecular flexibility index (Phi) is 7.05. The van der Waals surface area contributed by atoms with E-state index in [9.17, 15) is 31.7 Å². The summed E-state index contributed by atoms with van der Waals surface area (Å²) in [4.78, 5) is 24.7. The summed E-state index contributed by atoms with van der Waals surface area (Å²) in [5.41, 5.74) is -0.199. The van der Waals surface area contributed by atoms with E-state index < -0.39 is 30.9 Å². The molecule has 0 bridgehead atoms. The maximum atomic E-state index is 13.1. The van der Waals surface area contributed by atoms with Crippen molar-refractivity contribution < 1.29 is 26.6 Å². The summed E-state index contributed by atoms with van der Waals surface area (Å²) in [5, 5.41) is 11.0. The van der Waals surface area contributed by atoms with Crippen LogP contribution >= 0.6 is 0 Å².